The highest BCUT2D eigenvalue weighted by atomic mass is 16.5. The van der Waals surface area contributed by atoms with E-state index in [-0.39, 0.29) is 17.6 Å². The van der Waals surface area contributed by atoms with Crippen LogP contribution in [0, 0.1) is 11.8 Å². The molecule has 1 aromatic rings. The summed E-state index contributed by atoms with van der Waals surface area (Å²) in [5.41, 5.74) is 1.97. The van der Waals surface area contributed by atoms with Crippen LogP contribution in [0.4, 0.5) is 0 Å². The molecule has 2 saturated heterocycles. The van der Waals surface area contributed by atoms with Crippen LogP contribution in [0.1, 0.15) is 12.8 Å². The average Bonchev–Trinajstić information content (AvgIpc) is 3.16. The number of ether oxygens (including phenoxy) is 2. The van der Waals surface area contributed by atoms with Crippen molar-refractivity contribution in [2.24, 2.45) is 11.8 Å². The molecule has 0 aromatic heterocycles. The van der Waals surface area contributed by atoms with Gasteiger partial charge in [-0.25, -0.2) is 0 Å². The summed E-state index contributed by atoms with van der Waals surface area (Å²) in [5.74, 6) is 0.782. The number of carbonyl (C=O) groups excluding carboxylic acids is 1. The Morgan fingerprint density at radius 3 is 1.75 bits per heavy atom. The summed E-state index contributed by atoms with van der Waals surface area (Å²) >= 11 is 0. The van der Waals surface area contributed by atoms with Gasteiger partial charge in [-0.2, -0.15) is 0 Å². The topological polar surface area (TPSA) is 35.5 Å². The molecule has 2 unspecified atom stereocenters. The average molecular weight is 270 g/mol. The quantitative estimate of drug-likeness (QED) is 0.791. The van der Waals surface area contributed by atoms with Crippen molar-refractivity contribution in [3.63, 3.8) is 0 Å². The summed E-state index contributed by atoms with van der Waals surface area (Å²) in [6.45, 7) is 2.91. The standard InChI is InChI=1S/C17H18O3/c18-17-15(11-5-7-19-9-11)13-3-1-2-4-14(13)16(17)12-6-8-20-10-12/h1-4,11-12H,5-10H2. The zero-order valence-corrected chi connectivity index (χ0v) is 11.4. The number of hydrogen-bond donors (Lipinski definition) is 0. The summed E-state index contributed by atoms with van der Waals surface area (Å²) in [4.78, 5) is 13.0. The second kappa shape index (κ2) is 4.83. The van der Waals surface area contributed by atoms with Crippen LogP contribution in [-0.4, -0.2) is 32.2 Å². The summed E-state index contributed by atoms with van der Waals surface area (Å²) in [6.07, 6.45) is 1.92. The van der Waals surface area contributed by atoms with E-state index < -0.39 is 0 Å². The fourth-order valence-electron chi connectivity index (χ4n) is 3.68. The van der Waals surface area contributed by atoms with Crippen molar-refractivity contribution in [1.29, 1.82) is 0 Å². The minimum atomic E-state index is 0.247. The van der Waals surface area contributed by atoms with Crippen LogP contribution in [0.3, 0.4) is 0 Å². The van der Waals surface area contributed by atoms with Crippen LogP contribution in [0.25, 0.3) is 11.1 Å². The first-order valence-corrected chi connectivity index (χ1v) is 7.40. The molecule has 4 rings (SSSR count). The maximum Gasteiger partial charge on any atom is 0.186 e. The van der Waals surface area contributed by atoms with Crippen LogP contribution in [0.5, 0.6) is 0 Å². The maximum absolute atomic E-state index is 13.0. The highest BCUT2D eigenvalue weighted by molar-refractivity contribution is 6.38. The van der Waals surface area contributed by atoms with Gasteiger partial charge in [0.2, 0.25) is 0 Å². The molecule has 2 atom stereocenters. The number of fused-ring (bicyclic) bond motifs is 1. The third kappa shape index (κ3) is 1.77. The van der Waals surface area contributed by atoms with Gasteiger partial charge in [-0.15, -0.1) is 0 Å². The molecule has 0 N–H and O–H groups in total. The van der Waals surface area contributed by atoms with E-state index in [1.807, 2.05) is 12.1 Å². The van der Waals surface area contributed by atoms with Gasteiger partial charge in [0, 0.05) is 36.2 Å². The second-order valence-electron chi connectivity index (χ2n) is 5.82. The van der Waals surface area contributed by atoms with Gasteiger partial charge in [0.15, 0.2) is 5.78 Å². The fourth-order valence-corrected chi connectivity index (χ4v) is 3.68. The van der Waals surface area contributed by atoms with E-state index in [1.165, 1.54) is 0 Å². The Bertz CT molecular complexity index is 605. The Morgan fingerprint density at radius 2 is 1.35 bits per heavy atom. The van der Waals surface area contributed by atoms with Gasteiger partial charge in [-0.05, 0) is 23.3 Å². The fraction of sp³-hybridized carbons (Fsp3) is 0.471. The Labute approximate surface area is 117 Å². The van der Waals surface area contributed by atoms with Crippen molar-refractivity contribution >= 4 is 16.9 Å². The number of benzene rings is 1. The zero-order chi connectivity index (χ0) is 13.5. The van der Waals surface area contributed by atoms with Crippen LogP contribution in [-0.2, 0) is 14.3 Å². The van der Waals surface area contributed by atoms with Gasteiger partial charge in [-0.3, -0.25) is 4.79 Å². The summed E-state index contributed by atoms with van der Waals surface area (Å²) < 4.78 is 11.0. The number of hydrogen-bond acceptors (Lipinski definition) is 3. The van der Waals surface area contributed by atoms with Gasteiger partial charge < -0.3 is 9.47 Å². The Kier molecular flexibility index (Phi) is 2.97. The second-order valence-corrected chi connectivity index (χ2v) is 5.82. The molecule has 3 heteroatoms. The molecule has 2 fully saturated rings. The van der Waals surface area contributed by atoms with Crippen LogP contribution in [0.15, 0.2) is 24.3 Å². The lowest BCUT2D eigenvalue weighted by Gasteiger charge is -2.13. The molecule has 1 aliphatic carbocycles. The van der Waals surface area contributed by atoms with Gasteiger partial charge in [-0.1, -0.05) is 24.3 Å². The number of rotatable bonds is 2. The molecule has 0 radical (unpaired) electrons. The van der Waals surface area contributed by atoms with Crippen molar-refractivity contribution in [3.8, 4) is 0 Å². The Balaban J connectivity index is 1.91. The molecule has 0 amide bonds. The van der Waals surface area contributed by atoms with Crippen molar-refractivity contribution < 1.29 is 14.3 Å². The molecule has 0 spiro atoms. The van der Waals surface area contributed by atoms with Crippen molar-refractivity contribution in [1.82, 2.24) is 0 Å². The third-order valence-electron chi connectivity index (χ3n) is 4.67. The van der Waals surface area contributed by atoms with Crippen molar-refractivity contribution in [2.45, 2.75) is 12.8 Å². The minimum Gasteiger partial charge on any atom is -0.381 e. The molecule has 0 saturated carbocycles. The van der Waals surface area contributed by atoms with E-state index in [0.29, 0.717) is 13.2 Å². The Morgan fingerprint density at radius 1 is 0.850 bits per heavy atom. The smallest absolute Gasteiger partial charge is 0.186 e. The highest BCUT2D eigenvalue weighted by Gasteiger charge is 2.35. The molecule has 20 heavy (non-hydrogen) atoms. The molecule has 104 valence electrons. The zero-order valence-electron chi connectivity index (χ0n) is 11.4. The van der Waals surface area contributed by atoms with Gasteiger partial charge in [0.05, 0.1) is 13.2 Å². The lowest BCUT2D eigenvalue weighted by Crippen LogP contribution is -2.26. The molecular weight excluding hydrogens is 252 g/mol. The molecule has 3 aliphatic rings. The predicted molar refractivity (Wildman–Crippen MR) is 75.4 cm³/mol. The van der Waals surface area contributed by atoms with Crippen LogP contribution < -0.4 is 10.4 Å². The highest BCUT2D eigenvalue weighted by Crippen LogP contribution is 2.31. The minimum absolute atomic E-state index is 0.247. The molecular formula is C17H18O3. The first-order chi connectivity index (χ1) is 9.86. The van der Waals surface area contributed by atoms with E-state index >= 15 is 0 Å². The number of Topliss-reactive ketones (excluding diaryl/α,β-unsaturated/α-hetero) is 1. The van der Waals surface area contributed by atoms with E-state index in [0.717, 1.165) is 47.6 Å². The SMILES string of the molecule is O=C1C(C2CCOC2)=c2ccccc2=C1C1CCOC1. The van der Waals surface area contributed by atoms with Gasteiger partial charge >= 0.3 is 0 Å². The molecule has 3 nitrogen and oxygen atoms in total. The normalized spacial score (nSPS) is 29.3. The molecule has 2 heterocycles. The molecule has 0 bridgehead atoms. The lowest BCUT2D eigenvalue weighted by atomic mass is 9.89. The molecule has 2 aliphatic heterocycles. The Hall–Kier alpha value is -1.45. The summed E-state index contributed by atoms with van der Waals surface area (Å²) in [7, 11) is 0. The largest absolute Gasteiger partial charge is 0.381 e. The van der Waals surface area contributed by atoms with Crippen molar-refractivity contribution in [3.05, 3.63) is 34.7 Å². The van der Waals surface area contributed by atoms with Crippen LogP contribution >= 0.6 is 0 Å². The summed E-state index contributed by atoms with van der Waals surface area (Å²) in [5, 5.41) is 2.27. The maximum atomic E-state index is 13.0. The lowest BCUT2D eigenvalue weighted by molar-refractivity contribution is -0.109. The van der Waals surface area contributed by atoms with Crippen molar-refractivity contribution in [2.75, 3.05) is 26.4 Å². The molecule has 1 aromatic carbocycles. The first kappa shape index (κ1) is 12.3. The van der Waals surface area contributed by atoms with Gasteiger partial charge in [0.25, 0.3) is 0 Å². The number of ketones is 1. The first-order valence-electron chi connectivity index (χ1n) is 7.40. The van der Waals surface area contributed by atoms with Gasteiger partial charge in [0.1, 0.15) is 0 Å². The predicted octanol–water partition coefficient (Wildman–Crippen LogP) is 0.644. The van der Waals surface area contributed by atoms with Crippen LogP contribution in [0.2, 0.25) is 0 Å². The van der Waals surface area contributed by atoms with E-state index in [1.54, 1.807) is 0 Å². The number of carbonyl (C=O) groups is 1. The van der Waals surface area contributed by atoms with E-state index in [4.69, 9.17) is 9.47 Å². The monoisotopic (exact) mass is 270 g/mol. The summed E-state index contributed by atoms with van der Waals surface area (Å²) in [6, 6.07) is 8.22. The van der Waals surface area contributed by atoms with E-state index in [9.17, 15) is 4.79 Å². The third-order valence-corrected chi connectivity index (χ3v) is 4.67. The van der Waals surface area contributed by atoms with E-state index in [2.05, 4.69) is 12.1 Å².